The zero-order valence-corrected chi connectivity index (χ0v) is 8.21. The van der Waals surface area contributed by atoms with Crippen LogP contribution in [0.5, 0.6) is 0 Å². The molecule has 5 heteroatoms. The third-order valence-electron chi connectivity index (χ3n) is 2.91. The van der Waals surface area contributed by atoms with Gasteiger partial charge in [-0.2, -0.15) is 0 Å². The van der Waals surface area contributed by atoms with Gasteiger partial charge in [-0.3, -0.25) is 0 Å². The molecule has 3 rings (SSSR count). The standard InChI is InChI=1S/C9H14O5/c1-4-11-3-5-6(12-4)7-8(14-7)9(10-2)13-5/h4-9H,3H2,1-2H3/t4-,5+,6-,7-,8-,9-/m1/s1. The number of rotatable bonds is 1. The number of methoxy groups -OCH3 is 1. The van der Waals surface area contributed by atoms with Crippen molar-refractivity contribution in [2.24, 2.45) is 0 Å². The van der Waals surface area contributed by atoms with Crippen molar-refractivity contribution in [2.75, 3.05) is 13.7 Å². The predicted molar refractivity (Wildman–Crippen MR) is 44.6 cm³/mol. The highest BCUT2D eigenvalue weighted by molar-refractivity contribution is 5.02. The molecular formula is C9H14O5. The lowest BCUT2D eigenvalue weighted by molar-refractivity contribution is -0.295. The summed E-state index contributed by atoms with van der Waals surface area (Å²) in [5, 5.41) is 0. The van der Waals surface area contributed by atoms with E-state index >= 15 is 0 Å². The van der Waals surface area contributed by atoms with Gasteiger partial charge in [-0.15, -0.1) is 0 Å². The Kier molecular flexibility index (Phi) is 2.04. The van der Waals surface area contributed by atoms with E-state index in [0.717, 1.165) is 0 Å². The average molecular weight is 202 g/mol. The van der Waals surface area contributed by atoms with Crippen molar-refractivity contribution < 1.29 is 23.7 Å². The molecule has 80 valence electrons. The molecular weight excluding hydrogens is 188 g/mol. The summed E-state index contributed by atoms with van der Waals surface area (Å²) in [4.78, 5) is 0. The molecule has 0 aromatic heterocycles. The fourth-order valence-electron chi connectivity index (χ4n) is 2.14. The van der Waals surface area contributed by atoms with Crippen LogP contribution in [0.1, 0.15) is 6.92 Å². The van der Waals surface area contributed by atoms with Crippen LogP contribution in [0.2, 0.25) is 0 Å². The predicted octanol–water partition coefficient (Wildman–Crippen LogP) is -0.114. The van der Waals surface area contributed by atoms with E-state index < -0.39 is 0 Å². The number of fused-ring (bicyclic) bond motifs is 3. The van der Waals surface area contributed by atoms with Crippen LogP contribution in [0.15, 0.2) is 0 Å². The molecule has 3 fully saturated rings. The lowest BCUT2D eigenvalue weighted by Gasteiger charge is -2.38. The van der Waals surface area contributed by atoms with E-state index in [1.165, 1.54) is 0 Å². The number of ether oxygens (including phenoxy) is 5. The normalized spacial score (nSPS) is 56.1. The maximum absolute atomic E-state index is 5.64. The van der Waals surface area contributed by atoms with Gasteiger partial charge in [-0.05, 0) is 6.92 Å². The quantitative estimate of drug-likeness (QED) is 0.555. The minimum Gasteiger partial charge on any atom is -0.361 e. The molecule has 3 aliphatic rings. The van der Waals surface area contributed by atoms with E-state index in [0.29, 0.717) is 6.61 Å². The summed E-state index contributed by atoms with van der Waals surface area (Å²) in [6, 6.07) is 0. The second-order valence-corrected chi connectivity index (χ2v) is 3.85. The van der Waals surface area contributed by atoms with Crippen LogP contribution in [-0.2, 0) is 23.7 Å². The minimum atomic E-state index is -0.262. The first-order chi connectivity index (χ1) is 6.79. The molecule has 3 saturated heterocycles. The van der Waals surface area contributed by atoms with Crippen LogP contribution in [0, 0.1) is 0 Å². The Morgan fingerprint density at radius 2 is 1.93 bits per heavy atom. The van der Waals surface area contributed by atoms with Gasteiger partial charge in [0.2, 0.25) is 0 Å². The van der Waals surface area contributed by atoms with Crippen molar-refractivity contribution in [3.8, 4) is 0 Å². The van der Waals surface area contributed by atoms with Crippen molar-refractivity contribution >= 4 is 0 Å². The molecule has 0 radical (unpaired) electrons. The topological polar surface area (TPSA) is 49.5 Å². The van der Waals surface area contributed by atoms with Crippen molar-refractivity contribution in [3.05, 3.63) is 0 Å². The maximum Gasteiger partial charge on any atom is 0.186 e. The van der Waals surface area contributed by atoms with Crippen molar-refractivity contribution in [1.29, 1.82) is 0 Å². The third kappa shape index (κ3) is 1.28. The van der Waals surface area contributed by atoms with E-state index in [-0.39, 0.29) is 37.0 Å². The van der Waals surface area contributed by atoms with Crippen LogP contribution >= 0.6 is 0 Å². The highest BCUT2D eigenvalue weighted by Crippen LogP contribution is 2.41. The molecule has 0 N–H and O–H groups in total. The van der Waals surface area contributed by atoms with Gasteiger partial charge in [-0.25, -0.2) is 0 Å². The van der Waals surface area contributed by atoms with Gasteiger partial charge in [0.25, 0.3) is 0 Å². The Morgan fingerprint density at radius 3 is 2.71 bits per heavy atom. The highest BCUT2D eigenvalue weighted by atomic mass is 16.8. The first kappa shape index (κ1) is 9.06. The van der Waals surface area contributed by atoms with Crippen LogP contribution in [0.25, 0.3) is 0 Å². The van der Waals surface area contributed by atoms with Gasteiger partial charge in [0.15, 0.2) is 12.6 Å². The molecule has 0 bridgehead atoms. The lowest BCUT2D eigenvalue weighted by atomic mass is 10.0. The van der Waals surface area contributed by atoms with Gasteiger partial charge < -0.3 is 23.7 Å². The number of epoxide rings is 1. The maximum atomic E-state index is 5.64. The van der Waals surface area contributed by atoms with E-state index in [2.05, 4.69) is 0 Å². The zero-order valence-electron chi connectivity index (χ0n) is 8.21. The van der Waals surface area contributed by atoms with E-state index in [4.69, 9.17) is 23.7 Å². The SMILES string of the molecule is CO[C@@H]1O[C@H]2CO[C@@H](C)O[C@H]2[C@H]2O[C@@H]12. The van der Waals surface area contributed by atoms with Crippen LogP contribution in [0.3, 0.4) is 0 Å². The largest absolute Gasteiger partial charge is 0.361 e. The Balaban J connectivity index is 1.72. The molecule has 5 nitrogen and oxygen atoms in total. The number of hydrogen-bond donors (Lipinski definition) is 0. The Hall–Kier alpha value is -0.200. The van der Waals surface area contributed by atoms with E-state index in [1.54, 1.807) is 7.11 Å². The molecule has 0 aromatic carbocycles. The summed E-state index contributed by atoms with van der Waals surface area (Å²) in [5.74, 6) is 0. The van der Waals surface area contributed by atoms with Crippen molar-refractivity contribution in [3.63, 3.8) is 0 Å². The van der Waals surface area contributed by atoms with E-state index in [9.17, 15) is 0 Å². The van der Waals surface area contributed by atoms with Crippen molar-refractivity contribution in [1.82, 2.24) is 0 Å². The zero-order chi connectivity index (χ0) is 9.71. The van der Waals surface area contributed by atoms with Crippen LogP contribution in [-0.4, -0.2) is 50.7 Å². The first-order valence-corrected chi connectivity index (χ1v) is 4.90. The molecule has 0 amide bonds. The summed E-state index contributed by atoms with van der Waals surface area (Å²) in [5.41, 5.74) is 0. The lowest BCUT2D eigenvalue weighted by Crippen LogP contribution is -2.53. The first-order valence-electron chi connectivity index (χ1n) is 4.90. The van der Waals surface area contributed by atoms with Crippen molar-refractivity contribution in [2.45, 2.75) is 43.9 Å². The average Bonchev–Trinajstić information content (AvgIpc) is 2.96. The summed E-state index contributed by atoms with van der Waals surface area (Å²) in [7, 11) is 1.62. The van der Waals surface area contributed by atoms with Crippen LogP contribution in [0.4, 0.5) is 0 Å². The Bertz CT molecular complexity index is 233. The van der Waals surface area contributed by atoms with Crippen LogP contribution < -0.4 is 0 Å². The van der Waals surface area contributed by atoms with Gasteiger partial charge in [-0.1, -0.05) is 0 Å². The minimum absolute atomic E-state index is 0.00940. The molecule has 0 aromatic rings. The molecule has 3 heterocycles. The molecule has 0 spiro atoms. The Labute approximate surface area is 82.2 Å². The molecule has 0 saturated carbocycles. The van der Waals surface area contributed by atoms with Gasteiger partial charge >= 0.3 is 0 Å². The second kappa shape index (κ2) is 3.15. The summed E-state index contributed by atoms with van der Waals surface area (Å²) in [6.45, 7) is 2.44. The smallest absolute Gasteiger partial charge is 0.186 e. The molecule has 14 heavy (non-hydrogen) atoms. The number of hydrogen-bond acceptors (Lipinski definition) is 5. The molecule has 0 unspecified atom stereocenters. The summed E-state index contributed by atoms with van der Waals surface area (Å²) in [6.07, 6.45) is -0.294. The summed E-state index contributed by atoms with van der Waals surface area (Å²) >= 11 is 0. The molecule has 0 aliphatic carbocycles. The molecule has 3 aliphatic heterocycles. The Morgan fingerprint density at radius 1 is 1.07 bits per heavy atom. The fourth-order valence-corrected chi connectivity index (χ4v) is 2.14. The second-order valence-electron chi connectivity index (χ2n) is 3.85. The highest BCUT2D eigenvalue weighted by Gasteiger charge is 2.60. The fraction of sp³-hybridized carbons (Fsp3) is 1.00. The summed E-state index contributed by atoms with van der Waals surface area (Å²) < 4.78 is 27.2. The van der Waals surface area contributed by atoms with E-state index in [1.807, 2.05) is 6.92 Å². The molecule has 6 atom stereocenters. The van der Waals surface area contributed by atoms with Gasteiger partial charge in [0.05, 0.1) is 6.61 Å². The monoisotopic (exact) mass is 202 g/mol. The third-order valence-corrected chi connectivity index (χ3v) is 2.91. The van der Waals surface area contributed by atoms with Gasteiger partial charge in [0.1, 0.15) is 24.4 Å². The van der Waals surface area contributed by atoms with Gasteiger partial charge in [0, 0.05) is 7.11 Å².